The van der Waals surface area contributed by atoms with Crippen molar-refractivity contribution in [3.05, 3.63) is 12.2 Å². The Morgan fingerprint density at radius 1 is 1.64 bits per heavy atom. The van der Waals surface area contributed by atoms with Gasteiger partial charge in [0.1, 0.15) is 0 Å². The van der Waals surface area contributed by atoms with E-state index in [4.69, 9.17) is 4.18 Å². The number of rotatable bonds is 6. The van der Waals surface area contributed by atoms with Crippen LogP contribution in [-0.4, -0.2) is 12.4 Å². The average molecular weight is 174 g/mol. The average Bonchev–Trinajstić information content (AvgIpc) is 1.97. The summed E-state index contributed by atoms with van der Waals surface area (Å²) in [5.74, 6) is 0. The Morgan fingerprint density at radius 2 is 2.27 bits per heavy atom. The monoisotopic (exact) mass is 174 g/mol. The van der Waals surface area contributed by atoms with Gasteiger partial charge in [0.25, 0.3) is 0 Å². The molecule has 0 aliphatic heterocycles. The first-order chi connectivity index (χ1) is 5.20. The minimum absolute atomic E-state index is 0.404. The van der Waals surface area contributed by atoms with Crippen molar-refractivity contribution in [1.29, 1.82) is 0 Å². The van der Waals surface area contributed by atoms with Crippen LogP contribution in [0, 0.1) is 0 Å². The summed E-state index contributed by atoms with van der Waals surface area (Å²) in [6, 6.07) is 0. The SMILES string of the molecule is C=C(C)CCC(CC)OSC. The van der Waals surface area contributed by atoms with Gasteiger partial charge in [0.05, 0.1) is 6.10 Å². The zero-order valence-electron chi connectivity index (χ0n) is 7.72. The number of hydrogen-bond acceptors (Lipinski definition) is 2. The third kappa shape index (κ3) is 6.45. The van der Waals surface area contributed by atoms with Crippen molar-refractivity contribution < 1.29 is 4.18 Å². The summed E-state index contributed by atoms with van der Waals surface area (Å²) in [5, 5.41) is 0. The van der Waals surface area contributed by atoms with E-state index in [1.54, 1.807) is 0 Å². The molecule has 0 rings (SSSR count). The predicted octanol–water partition coefficient (Wildman–Crippen LogP) is 3.42. The molecule has 1 unspecified atom stereocenters. The van der Waals surface area contributed by atoms with Crippen LogP contribution in [0.1, 0.15) is 33.1 Å². The second-order valence-electron chi connectivity index (χ2n) is 2.79. The van der Waals surface area contributed by atoms with E-state index in [-0.39, 0.29) is 0 Å². The Bertz CT molecular complexity index is 112. The lowest BCUT2D eigenvalue weighted by Crippen LogP contribution is -2.06. The van der Waals surface area contributed by atoms with Crippen molar-refractivity contribution in [3.8, 4) is 0 Å². The second-order valence-corrected chi connectivity index (χ2v) is 3.31. The fourth-order valence-corrected chi connectivity index (χ4v) is 1.37. The first kappa shape index (κ1) is 11.1. The van der Waals surface area contributed by atoms with Crippen LogP contribution < -0.4 is 0 Å². The third-order valence-corrected chi connectivity index (χ3v) is 2.05. The smallest absolute Gasteiger partial charge is 0.0722 e. The normalized spacial score (nSPS) is 13.0. The lowest BCUT2D eigenvalue weighted by Gasteiger charge is -2.12. The molecule has 0 saturated heterocycles. The molecule has 0 aromatic rings. The van der Waals surface area contributed by atoms with Crippen molar-refractivity contribution in [2.24, 2.45) is 0 Å². The highest BCUT2D eigenvalue weighted by Gasteiger charge is 2.04. The third-order valence-electron chi connectivity index (χ3n) is 1.58. The van der Waals surface area contributed by atoms with Gasteiger partial charge < -0.3 is 4.18 Å². The molecule has 11 heavy (non-hydrogen) atoms. The Kier molecular flexibility index (Phi) is 6.77. The molecular formula is C9H18OS. The van der Waals surface area contributed by atoms with E-state index in [9.17, 15) is 0 Å². The first-order valence-corrected chi connectivity index (χ1v) is 5.19. The first-order valence-electron chi connectivity index (χ1n) is 4.04. The molecule has 66 valence electrons. The van der Waals surface area contributed by atoms with E-state index in [2.05, 4.69) is 20.4 Å². The summed E-state index contributed by atoms with van der Waals surface area (Å²) in [5.41, 5.74) is 1.24. The van der Waals surface area contributed by atoms with Crippen LogP contribution in [0.2, 0.25) is 0 Å². The van der Waals surface area contributed by atoms with Crippen LogP contribution in [0.25, 0.3) is 0 Å². The lowest BCUT2D eigenvalue weighted by molar-refractivity contribution is 0.225. The fraction of sp³-hybridized carbons (Fsp3) is 0.778. The van der Waals surface area contributed by atoms with Gasteiger partial charge in [-0.05, 0) is 38.2 Å². The van der Waals surface area contributed by atoms with E-state index in [0.29, 0.717) is 6.10 Å². The quantitative estimate of drug-likeness (QED) is 0.451. The Balaban J connectivity index is 3.43. The molecule has 2 heteroatoms. The van der Waals surface area contributed by atoms with Crippen LogP contribution in [0.5, 0.6) is 0 Å². The van der Waals surface area contributed by atoms with Crippen LogP contribution >= 0.6 is 12.0 Å². The van der Waals surface area contributed by atoms with Gasteiger partial charge in [0, 0.05) is 6.26 Å². The maximum absolute atomic E-state index is 5.42. The topological polar surface area (TPSA) is 9.23 Å². The summed E-state index contributed by atoms with van der Waals surface area (Å²) in [4.78, 5) is 0. The maximum Gasteiger partial charge on any atom is 0.0722 e. The molecule has 0 fully saturated rings. The van der Waals surface area contributed by atoms with Gasteiger partial charge in [-0.15, -0.1) is 6.58 Å². The molecule has 0 aromatic carbocycles. The van der Waals surface area contributed by atoms with E-state index in [1.165, 1.54) is 17.6 Å². The minimum atomic E-state index is 0.404. The van der Waals surface area contributed by atoms with Crippen LogP contribution in [-0.2, 0) is 4.18 Å². The predicted molar refractivity (Wildman–Crippen MR) is 52.7 cm³/mol. The summed E-state index contributed by atoms with van der Waals surface area (Å²) < 4.78 is 5.42. The van der Waals surface area contributed by atoms with Gasteiger partial charge >= 0.3 is 0 Å². The molecule has 0 aliphatic carbocycles. The molecule has 0 aromatic heterocycles. The molecule has 0 radical (unpaired) electrons. The fourth-order valence-electron chi connectivity index (χ4n) is 0.864. The van der Waals surface area contributed by atoms with Crippen molar-refractivity contribution in [2.45, 2.75) is 39.2 Å². The van der Waals surface area contributed by atoms with Gasteiger partial charge in [-0.25, -0.2) is 0 Å². The molecule has 0 N–H and O–H groups in total. The summed E-state index contributed by atoms with van der Waals surface area (Å²) in [7, 11) is 0. The molecule has 1 atom stereocenters. The minimum Gasteiger partial charge on any atom is -0.312 e. The summed E-state index contributed by atoms with van der Waals surface area (Å²) in [6.07, 6.45) is 5.64. The molecule has 0 saturated carbocycles. The molecule has 0 aliphatic rings. The highest BCUT2D eigenvalue weighted by Crippen LogP contribution is 2.14. The van der Waals surface area contributed by atoms with Gasteiger partial charge in [0.2, 0.25) is 0 Å². The van der Waals surface area contributed by atoms with Gasteiger partial charge in [-0.3, -0.25) is 0 Å². The van der Waals surface area contributed by atoms with E-state index in [0.717, 1.165) is 19.3 Å². The Morgan fingerprint density at radius 3 is 2.64 bits per heavy atom. The summed E-state index contributed by atoms with van der Waals surface area (Å²) in [6.45, 7) is 8.07. The van der Waals surface area contributed by atoms with Crippen molar-refractivity contribution >= 4 is 12.0 Å². The van der Waals surface area contributed by atoms with Crippen LogP contribution in [0.15, 0.2) is 12.2 Å². The van der Waals surface area contributed by atoms with Crippen LogP contribution in [0.4, 0.5) is 0 Å². The zero-order chi connectivity index (χ0) is 8.69. The summed E-state index contributed by atoms with van der Waals surface area (Å²) >= 11 is 1.46. The molecule has 0 heterocycles. The van der Waals surface area contributed by atoms with Crippen molar-refractivity contribution in [1.82, 2.24) is 0 Å². The van der Waals surface area contributed by atoms with Crippen LogP contribution in [0.3, 0.4) is 0 Å². The highest BCUT2D eigenvalue weighted by molar-refractivity contribution is 7.93. The van der Waals surface area contributed by atoms with Gasteiger partial charge in [-0.2, -0.15) is 0 Å². The standard InChI is InChI=1S/C9H18OS/c1-5-9(10-11-4)7-6-8(2)3/h9H,2,5-7H2,1,3-4H3. The molecule has 0 amide bonds. The van der Waals surface area contributed by atoms with Gasteiger partial charge in [-0.1, -0.05) is 12.5 Å². The molecule has 0 bridgehead atoms. The molecule has 0 spiro atoms. The maximum atomic E-state index is 5.42. The number of allylic oxidation sites excluding steroid dienone is 1. The van der Waals surface area contributed by atoms with Crippen molar-refractivity contribution in [2.75, 3.05) is 6.26 Å². The van der Waals surface area contributed by atoms with Crippen molar-refractivity contribution in [3.63, 3.8) is 0 Å². The van der Waals surface area contributed by atoms with E-state index in [1.807, 2.05) is 6.26 Å². The van der Waals surface area contributed by atoms with Gasteiger partial charge in [0.15, 0.2) is 0 Å². The molecule has 1 nitrogen and oxygen atoms in total. The largest absolute Gasteiger partial charge is 0.312 e. The second kappa shape index (κ2) is 6.74. The molecular weight excluding hydrogens is 156 g/mol. The number of hydrogen-bond donors (Lipinski definition) is 0. The Hall–Kier alpha value is 0.0500. The van der Waals surface area contributed by atoms with E-state index >= 15 is 0 Å². The highest BCUT2D eigenvalue weighted by atomic mass is 32.2. The zero-order valence-corrected chi connectivity index (χ0v) is 8.54. The lowest BCUT2D eigenvalue weighted by atomic mass is 10.1. The van der Waals surface area contributed by atoms with E-state index < -0.39 is 0 Å². The Labute approximate surface area is 74.4 Å².